The van der Waals surface area contributed by atoms with Crippen molar-refractivity contribution in [2.24, 2.45) is 0 Å². The molecular formula is C18H20N2O2S. The molecule has 23 heavy (non-hydrogen) atoms. The van der Waals surface area contributed by atoms with Gasteiger partial charge in [0, 0.05) is 11.3 Å². The summed E-state index contributed by atoms with van der Waals surface area (Å²) in [6, 6.07) is 13.0. The number of benzene rings is 2. The lowest BCUT2D eigenvalue weighted by Crippen LogP contribution is -2.34. The van der Waals surface area contributed by atoms with Crippen LogP contribution in [0.4, 0.5) is 5.69 Å². The highest BCUT2D eigenvalue weighted by Gasteiger charge is 2.09. The standard InChI is InChI=1S/C18H20N2O2S/c1-4-22-15-9-7-14(8-10-15)17(21)20-18(23)19-16-11-12(2)5-6-13(16)3/h5-11H,4H2,1-3H3,(H2,19,20,21,23). The van der Waals surface area contributed by atoms with E-state index in [9.17, 15) is 4.79 Å². The smallest absolute Gasteiger partial charge is 0.257 e. The first-order chi connectivity index (χ1) is 11.0. The van der Waals surface area contributed by atoms with E-state index < -0.39 is 0 Å². The summed E-state index contributed by atoms with van der Waals surface area (Å²) in [6.07, 6.45) is 0. The van der Waals surface area contributed by atoms with E-state index in [4.69, 9.17) is 17.0 Å². The summed E-state index contributed by atoms with van der Waals surface area (Å²) in [6.45, 7) is 6.50. The van der Waals surface area contributed by atoms with E-state index >= 15 is 0 Å². The van der Waals surface area contributed by atoms with Crippen LogP contribution in [-0.2, 0) is 0 Å². The Bertz CT molecular complexity index is 711. The van der Waals surface area contributed by atoms with Crippen LogP contribution in [0.2, 0.25) is 0 Å². The number of ether oxygens (including phenoxy) is 1. The Morgan fingerprint density at radius 2 is 1.83 bits per heavy atom. The highest BCUT2D eigenvalue weighted by atomic mass is 32.1. The molecule has 2 rings (SSSR count). The Labute approximate surface area is 141 Å². The molecule has 0 spiro atoms. The van der Waals surface area contributed by atoms with Crippen LogP contribution in [0.1, 0.15) is 28.4 Å². The number of amides is 1. The van der Waals surface area contributed by atoms with E-state index in [1.807, 2.05) is 39.0 Å². The SMILES string of the molecule is CCOc1ccc(C(=O)NC(=S)Nc2cc(C)ccc2C)cc1. The minimum absolute atomic E-state index is 0.254. The van der Waals surface area contributed by atoms with Gasteiger partial charge in [0.2, 0.25) is 0 Å². The molecule has 2 aromatic carbocycles. The molecule has 0 unspecified atom stereocenters. The number of aryl methyl sites for hydroxylation is 2. The van der Waals surface area contributed by atoms with Crippen molar-refractivity contribution in [2.45, 2.75) is 20.8 Å². The fraction of sp³-hybridized carbons (Fsp3) is 0.222. The first-order valence-corrected chi connectivity index (χ1v) is 7.83. The van der Waals surface area contributed by atoms with Gasteiger partial charge >= 0.3 is 0 Å². The molecule has 0 saturated carbocycles. The molecule has 0 atom stereocenters. The number of hydrogen-bond donors (Lipinski definition) is 2. The van der Waals surface area contributed by atoms with E-state index in [1.165, 1.54) is 0 Å². The third-order valence-corrected chi connectivity index (χ3v) is 3.50. The van der Waals surface area contributed by atoms with E-state index in [1.54, 1.807) is 24.3 Å². The number of thiocarbonyl (C=S) groups is 1. The first kappa shape index (κ1) is 17.0. The minimum Gasteiger partial charge on any atom is -0.494 e. The summed E-state index contributed by atoms with van der Waals surface area (Å²) in [4.78, 5) is 12.2. The quantitative estimate of drug-likeness (QED) is 0.838. The van der Waals surface area contributed by atoms with E-state index in [-0.39, 0.29) is 11.0 Å². The number of rotatable bonds is 4. The molecule has 0 aromatic heterocycles. The Hall–Kier alpha value is -2.40. The molecule has 2 N–H and O–H groups in total. The van der Waals surface area contributed by atoms with Crippen LogP contribution in [0.15, 0.2) is 42.5 Å². The molecule has 5 heteroatoms. The van der Waals surface area contributed by atoms with Crippen LogP contribution in [0.25, 0.3) is 0 Å². The van der Waals surface area contributed by atoms with Crippen LogP contribution < -0.4 is 15.4 Å². The van der Waals surface area contributed by atoms with E-state index in [0.29, 0.717) is 12.2 Å². The van der Waals surface area contributed by atoms with Crippen molar-refractivity contribution in [3.05, 3.63) is 59.2 Å². The van der Waals surface area contributed by atoms with Gasteiger partial charge in [-0.1, -0.05) is 12.1 Å². The van der Waals surface area contributed by atoms with Gasteiger partial charge in [-0.2, -0.15) is 0 Å². The molecule has 4 nitrogen and oxygen atoms in total. The number of carbonyl (C=O) groups is 1. The van der Waals surface area contributed by atoms with Crippen LogP contribution >= 0.6 is 12.2 Å². The summed E-state index contributed by atoms with van der Waals surface area (Å²) >= 11 is 5.21. The van der Waals surface area contributed by atoms with E-state index in [0.717, 1.165) is 22.6 Å². The maximum Gasteiger partial charge on any atom is 0.257 e. The van der Waals surface area contributed by atoms with Gasteiger partial charge in [0.1, 0.15) is 5.75 Å². The van der Waals surface area contributed by atoms with Crippen molar-refractivity contribution in [3.8, 4) is 5.75 Å². The minimum atomic E-state index is -0.254. The number of nitrogens with one attached hydrogen (secondary N) is 2. The van der Waals surface area contributed by atoms with Crippen molar-refractivity contribution in [3.63, 3.8) is 0 Å². The number of hydrogen-bond acceptors (Lipinski definition) is 3. The fourth-order valence-electron chi connectivity index (χ4n) is 2.07. The van der Waals surface area contributed by atoms with Crippen LogP contribution in [0.5, 0.6) is 5.75 Å². The normalized spacial score (nSPS) is 10.0. The largest absolute Gasteiger partial charge is 0.494 e. The summed E-state index contributed by atoms with van der Waals surface area (Å²) < 4.78 is 5.36. The molecule has 120 valence electrons. The molecule has 0 saturated heterocycles. The molecule has 0 radical (unpaired) electrons. The molecular weight excluding hydrogens is 308 g/mol. The average Bonchev–Trinajstić information content (AvgIpc) is 2.52. The van der Waals surface area contributed by atoms with Crippen molar-refractivity contribution >= 4 is 28.9 Å². The topological polar surface area (TPSA) is 50.4 Å². The van der Waals surface area contributed by atoms with Crippen molar-refractivity contribution in [1.82, 2.24) is 5.32 Å². The van der Waals surface area contributed by atoms with Crippen LogP contribution in [0, 0.1) is 13.8 Å². The van der Waals surface area contributed by atoms with Gasteiger partial charge in [0.05, 0.1) is 6.61 Å². The molecule has 0 bridgehead atoms. The zero-order valence-corrected chi connectivity index (χ0v) is 14.3. The second-order valence-electron chi connectivity index (χ2n) is 5.18. The molecule has 0 aliphatic heterocycles. The third kappa shape index (κ3) is 4.79. The summed E-state index contributed by atoms with van der Waals surface area (Å²) in [7, 11) is 0. The summed E-state index contributed by atoms with van der Waals surface area (Å²) in [5, 5.41) is 6.02. The Kier molecular flexibility index (Phi) is 5.71. The van der Waals surface area contributed by atoms with Gasteiger partial charge in [-0.05, 0) is 74.4 Å². The van der Waals surface area contributed by atoms with Crippen LogP contribution in [0.3, 0.4) is 0 Å². The molecule has 1 amide bonds. The van der Waals surface area contributed by atoms with Gasteiger partial charge in [0.15, 0.2) is 5.11 Å². The lowest BCUT2D eigenvalue weighted by molar-refractivity contribution is 0.0977. The Morgan fingerprint density at radius 3 is 2.48 bits per heavy atom. The number of anilines is 1. The Morgan fingerprint density at radius 1 is 1.13 bits per heavy atom. The fourth-order valence-corrected chi connectivity index (χ4v) is 2.27. The van der Waals surface area contributed by atoms with Crippen molar-refractivity contribution < 1.29 is 9.53 Å². The molecule has 0 aliphatic rings. The lowest BCUT2D eigenvalue weighted by atomic mass is 10.1. The summed E-state index contributed by atoms with van der Waals surface area (Å²) in [5.74, 6) is 0.482. The van der Waals surface area contributed by atoms with Gasteiger partial charge < -0.3 is 10.1 Å². The van der Waals surface area contributed by atoms with Gasteiger partial charge in [-0.3, -0.25) is 10.1 Å². The predicted octanol–water partition coefficient (Wildman–Crippen LogP) is 3.83. The first-order valence-electron chi connectivity index (χ1n) is 7.42. The zero-order chi connectivity index (χ0) is 16.8. The monoisotopic (exact) mass is 328 g/mol. The maximum atomic E-state index is 12.2. The zero-order valence-electron chi connectivity index (χ0n) is 13.5. The van der Waals surface area contributed by atoms with Gasteiger partial charge in [-0.15, -0.1) is 0 Å². The highest BCUT2D eigenvalue weighted by Crippen LogP contribution is 2.16. The second kappa shape index (κ2) is 7.74. The Balaban J connectivity index is 1.99. The lowest BCUT2D eigenvalue weighted by Gasteiger charge is -2.12. The predicted molar refractivity (Wildman–Crippen MR) is 97.2 cm³/mol. The average molecular weight is 328 g/mol. The summed E-state index contributed by atoms with van der Waals surface area (Å²) in [5.41, 5.74) is 3.60. The molecule has 0 aliphatic carbocycles. The van der Waals surface area contributed by atoms with Gasteiger partial charge in [0.25, 0.3) is 5.91 Å². The number of carbonyl (C=O) groups excluding carboxylic acids is 1. The molecule has 0 heterocycles. The van der Waals surface area contributed by atoms with Gasteiger partial charge in [-0.25, -0.2) is 0 Å². The molecule has 0 fully saturated rings. The molecule has 2 aromatic rings. The highest BCUT2D eigenvalue weighted by molar-refractivity contribution is 7.80. The van der Waals surface area contributed by atoms with Crippen molar-refractivity contribution in [2.75, 3.05) is 11.9 Å². The second-order valence-corrected chi connectivity index (χ2v) is 5.59. The van der Waals surface area contributed by atoms with Crippen molar-refractivity contribution in [1.29, 1.82) is 0 Å². The third-order valence-electron chi connectivity index (χ3n) is 3.30. The van der Waals surface area contributed by atoms with E-state index in [2.05, 4.69) is 10.6 Å². The van der Waals surface area contributed by atoms with Crippen LogP contribution in [-0.4, -0.2) is 17.6 Å². The maximum absolute atomic E-state index is 12.2.